The fourth-order valence-corrected chi connectivity index (χ4v) is 2.43. The predicted molar refractivity (Wildman–Crippen MR) is 64.6 cm³/mol. The third-order valence-electron chi connectivity index (χ3n) is 3.30. The number of H-pyrrole nitrogens is 1. The number of nitrogens with zero attached hydrogens (tertiary/aromatic N) is 1. The largest absolute Gasteiger partial charge is 0.325 e. The van der Waals surface area contributed by atoms with Gasteiger partial charge in [-0.3, -0.25) is 4.79 Å². The van der Waals surface area contributed by atoms with E-state index >= 15 is 0 Å². The van der Waals surface area contributed by atoms with E-state index in [0.29, 0.717) is 0 Å². The molecule has 0 bridgehead atoms. The van der Waals surface area contributed by atoms with E-state index in [2.05, 4.69) is 16.9 Å². The molecule has 0 amide bonds. The Bertz CT molecular complexity index is 600. The lowest BCUT2D eigenvalue weighted by Gasteiger charge is -2.25. The zero-order valence-electron chi connectivity index (χ0n) is 9.29. The van der Waals surface area contributed by atoms with E-state index in [0.717, 1.165) is 36.0 Å². The van der Waals surface area contributed by atoms with Crippen LogP contribution in [-0.4, -0.2) is 23.5 Å². The van der Waals surface area contributed by atoms with Crippen molar-refractivity contribution in [1.82, 2.24) is 9.88 Å². The molecule has 2 aromatic rings. The van der Waals surface area contributed by atoms with Crippen LogP contribution in [0.1, 0.15) is 11.3 Å². The van der Waals surface area contributed by atoms with Crippen LogP contribution in [0, 0.1) is 0 Å². The van der Waals surface area contributed by atoms with Gasteiger partial charge in [0.2, 0.25) is 0 Å². The molecule has 3 rings (SSSR count). The average molecular weight is 214 g/mol. The molecule has 0 spiro atoms. The summed E-state index contributed by atoms with van der Waals surface area (Å²) in [5.41, 5.74) is 2.43. The third-order valence-corrected chi connectivity index (χ3v) is 3.30. The number of pyridine rings is 1. The summed E-state index contributed by atoms with van der Waals surface area (Å²) in [5, 5.41) is 1.91. The van der Waals surface area contributed by atoms with E-state index in [-0.39, 0.29) is 5.56 Å². The Morgan fingerprint density at radius 2 is 2.00 bits per heavy atom. The number of fused-ring (bicyclic) bond motifs is 3. The molecular formula is C13H14N2O. The minimum atomic E-state index is 0.0407. The van der Waals surface area contributed by atoms with Crippen molar-refractivity contribution in [3.63, 3.8) is 0 Å². The maximum absolute atomic E-state index is 11.9. The third kappa shape index (κ3) is 1.36. The highest BCUT2D eigenvalue weighted by Gasteiger charge is 2.17. The topological polar surface area (TPSA) is 36.1 Å². The lowest BCUT2D eigenvalue weighted by atomic mass is 9.99. The maximum atomic E-state index is 11.9. The van der Waals surface area contributed by atoms with Gasteiger partial charge < -0.3 is 9.88 Å². The molecule has 16 heavy (non-hydrogen) atoms. The molecule has 0 radical (unpaired) electrons. The van der Waals surface area contributed by atoms with Crippen molar-refractivity contribution in [2.75, 3.05) is 13.6 Å². The van der Waals surface area contributed by atoms with E-state index in [4.69, 9.17) is 0 Å². The summed E-state index contributed by atoms with van der Waals surface area (Å²) in [6.07, 6.45) is 0.936. The highest BCUT2D eigenvalue weighted by Crippen LogP contribution is 2.22. The number of likely N-dealkylation sites (N-methyl/N-ethyl adjacent to an activating group) is 1. The highest BCUT2D eigenvalue weighted by molar-refractivity contribution is 5.85. The van der Waals surface area contributed by atoms with Gasteiger partial charge in [0.15, 0.2) is 0 Å². The molecule has 1 N–H and O–H groups in total. The fraction of sp³-hybridized carbons (Fsp3) is 0.308. The number of hydrogen-bond acceptors (Lipinski definition) is 2. The summed E-state index contributed by atoms with van der Waals surface area (Å²) in [6, 6.07) is 7.85. The summed E-state index contributed by atoms with van der Waals surface area (Å²) in [5.74, 6) is 0. The summed E-state index contributed by atoms with van der Waals surface area (Å²) >= 11 is 0. The van der Waals surface area contributed by atoms with Crippen LogP contribution in [-0.2, 0) is 13.0 Å². The van der Waals surface area contributed by atoms with Crippen LogP contribution in [0.4, 0.5) is 0 Å². The van der Waals surface area contributed by atoms with Crippen LogP contribution in [0.3, 0.4) is 0 Å². The van der Waals surface area contributed by atoms with Crippen LogP contribution in [0.2, 0.25) is 0 Å². The smallest absolute Gasteiger partial charge is 0.256 e. The van der Waals surface area contributed by atoms with Gasteiger partial charge in [-0.05, 0) is 24.1 Å². The second kappa shape index (κ2) is 3.46. The number of hydrogen-bond donors (Lipinski definition) is 1. The van der Waals surface area contributed by atoms with E-state index in [1.54, 1.807) is 0 Å². The molecule has 0 saturated heterocycles. The quantitative estimate of drug-likeness (QED) is 0.721. The van der Waals surface area contributed by atoms with E-state index in [9.17, 15) is 4.79 Å². The average Bonchev–Trinajstić information content (AvgIpc) is 2.31. The Morgan fingerprint density at radius 3 is 2.81 bits per heavy atom. The standard InChI is InChI=1S/C13H14N2O/c1-15-7-6-12-11(8-15)9-4-2-3-5-10(9)13(16)14-12/h2-5H,6-8H2,1H3,(H,14,16). The van der Waals surface area contributed by atoms with Crippen molar-refractivity contribution in [2.24, 2.45) is 0 Å². The van der Waals surface area contributed by atoms with Crippen LogP contribution < -0.4 is 5.56 Å². The van der Waals surface area contributed by atoms with Gasteiger partial charge >= 0.3 is 0 Å². The lowest BCUT2D eigenvalue weighted by molar-refractivity contribution is 0.311. The lowest BCUT2D eigenvalue weighted by Crippen LogP contribution is -2.29. The van der Waals surface area contributed by atoms with Crippen molar-refractivity contribution in [3.05, 3.63) is 45.9 Å². The van der Waals surface area contributed by atoms with Gasteiger partial charge in [0, 0.05) is 30.6 Å². The number of rotatable bonds is 0. The summed E-state index contributed by atoms with van der Waals surface area (Å²) < 4.78 is 0. The summed E-state index contributed by atoms with van der Waals surface area (Å²) in [6.45, 7) is 1.94. The normalized spacial score (nSPS) is 16.3. The van der Waals surface area contributed by atoms with Crippen LogP contribution in [0.25, 0.3) is 10.8 Å². The van der Waals surface area contributed by atoms with Gasteiger partial charge in [0.25, 0.3) is 5.56 Å². The van der Waals surface area contributed by atoms with Crippen LogP contribution >= 0.6 is 0 Å². The zero-order chi connectivity index (χ0) is 11.1. The number of nitrogens with one attached hydrogen (secondary N) is 1. The molecule has 1 aliphatic heterocycles. The monoisotopic (exact) mass is 214 g/mol. The van der Waals surface area contributed by atoms with E-state index in [1.807, 2.05) is 24.3 Å². The number of benzene rings is 1. The first kappa shape index (κ1) is 9.60. The Hall–Kier alpha value is -1.61. The van der Waals surface area contributed by atoms with Gasteiger partial charge in [0.05, 0.1) is 0 Å². The molecule has 2 heterocycles. The molecule has 1 aromatic carbocycles. The first-order valence-electron chi connectivity index (χ1n) is 5.57. The summed E-state index contributed by atoms with van der Waals surface area (Å²) in [7, 11) is 2.11. The molecule has 82 valence electrons. The zero-order valence-corrected chi connectivity index (χ0v) is 9.29. The number of aromatic amines is 1. The second-order valence-corrected chi connectivity index (χ2v) is 4.44. The molecule has 3 nitrogen and oxygen atoms in total. The van der Waals surface area contributed by atoms with Crippen molar-refractivity contribution < 1.29 is 0 Å². The summed E-state index contributed by atoms with van der Waals surface area (Å²) in [4.78, 5) is 17.2. The predicted octanol–water partition coefficient (Wildman–Crippen LogP) is 1.52. The minimum Gasteiger partial charge on any atom is -0.325 e. The van der Waals surface area contributed by atoms with Crippen molar-refractivity contribution >= 4 is 10.8 Å². The Kier molecular flexibility index (Phi) is 2.07. The Balaban J connectivity index is 2.37. The van der Waals surface area contributed by atoms with Gasteiger partial charge in [-0.25, -0.2) is 0 Å². The van der Waals surface area contributed by atoms with Gasteiger partial charge in [-0.2, -0.15) is 0 Å². The van der Waals surface area contributed by atoms with Crippen molar-refractivity contribution in [1.29, 1.82) is 0 Å². The Labute approximate surface area is 93.7 Å². The first-order chi connectivity index (χ1) is 7.75. The van der Waals surface area contributed by atoms with Crippen LogP contribution in [0.15, 0.2) is 29.1 Å². The van der Waals surface area contributed by atoms with Crippen molar-refractivity contribution in [2.45, 2.75) is 13.0 Å². The molecule has 1 aromatic heterocycles. The Morgan fingerprint density at radius 1 is 1.25 bits per heavy atom. The molecule has 3 heteroatoms. The maximum Gasteiger partial charge on any atom is 0.256 e. The molecular weight excluding hydrogens is 200 g/mol. The molecule has 0 aliphatic carbocycles. The molecule has 0 fully saturated rings. The van der Waals surface area contributed by atoms with Crippen molar-refractivity contribution in [3.8, 4) is 0 Å². The second-order valence-electron chi connectivity index (χ2n) is 4.44. The van der Waals surface area contributed by atoms with E-state index in [1.165, 1.54) is 5.56 Å². The number of aromatic nitrogens is 1. The molecule has 0 saturated carbocycles. The van der Waals surface area contributed by atoms with Gasteiger partial charge in [-0.1, -0.05) is 18.2 Å². The minimum absolute atomic E-state index is 0.0407. The highest BCUT2D eigenvalue weighted by atomic mass is 16.1. The molecule has 0 atom stereocenters. The first-order valence-corrected chi connectivity index (χ1v) is 5.57. The fourth-order valence-electron chi connectivity index (χ4n) is 2.43. The van der Waals surface area contributed by atoms with Gasteiger partial charge in [-0.15, -0.1) is 0 Å². The van der Waals surface area contributed by atoms with Gasteiger partial charge in [0.1, 0.15) is 0 Å². The molecule has 0 unspecified atom stereocenters. The molecule has 1 aliphatic rings. The van der Waals surface area contributed by atoms with Crippen LogP contribution in [0.5, 0.6) is 0 Å². The van der Waals surface area contributed by atoms with E-state index < -0.39 is 0 Å². The SMILES string of the molecule is CN1CCc2[nH]c(=O)c3ccccc3c2C1.